The lowest BCUT2D eigenvalue weighted by Gasteiger charge is -2.50. The van der Waals surface area contributed by atoms with Gasteiger partial charge in [0.1, 0.15) is 11.6 Å². The molecule has 1 unspecified atom stereocenters. The van der Waals surface area contributed by atoms with Gasteiger partial charge in [-0.3, -0.25) is 9.59 Å². The van der Waals surface area contributed by atoms with Crippen molar-refractivity contribution in [2.24, 2.45) is 5.92 Å². The van der Waals surface area contributed by atoms with Crippen molar-refractivity contribution in [1.82, 2.24) is 10.2 Å². The number of hydrogen-bond donors (Lipinski definition) is 1. The summed E-state index contributed by atoms with van der Waals surface area (Å²) >= 11 is 0. The Balaban J connectivity index is 2.17. The summed E-state index contributed by atoms with van der Waals surface area (Å²) < 4.78 is 0. The Morgan fingerprint density at radius 3 is 2.48 bits per heavy atom. The number of hydrogen-bond acceptors (Lipinski definition) is 2. The molecule has 0 aromatic heterocycles. The van der Waals surface area contributed by atoms with Crippen LogP contribution >= 0.6 is 0 Å². The van der Waals surface area contributed by atoms with Crippen LogP contribution in [0.5, 0.6) is 0 Å². The van der Waals surface area contributed by atoms with E-state index in [9.17, 15) is 9.59 Å². The summed E-state index contributed by atoms with van der Waals surface area (Å²) in [5.74, 6) is 0.879. The highest BCUT2D eigenvalue weighted by atomic mass is 16.2. The van der Waals surface area contributed by atoms with E-state index in [-0.39, 0.29) is 17.9 Å². The van der Waals surface area contributed by atoms with Crippen LogP contribution in [-0.2, 0) is 9.59 Å². The van der Waals surface area contributed by atoms with Crippen molar-refractivity contribution in [3.05, 3.63) is 0 Å². The molecule has 1 saturated carbocycles. The van der Waals surface area contributed by atoms with E-state index in [4.69, 9.17) is 0 Å². The van der Waals surface area contributed by atoms with Gasteiger partial charge in [0, 0.05) is 6.54 Å². The Bertz CT molecular complexity index is 386. The molecule has 2 aliphatic rings. The zero-order valence-electron chi connectivity index (χ0n) is 13.8. The number of piperazine rings is 1. The highest BCUT2D eigenvalue weighted by Crippen LogP contribution is 2.37. The first kappa shape index (κ1) is 16.3. The Morgan fingerprint density at radius 1 is 1.24 bits per heavy atom. The van der Waals surface area contributed by atoms with Crippen LogP contribution in [0.2, 0.25) is 0 Å². The van der Waals surface area contributed by atoms with E-state index in [2.05, 4.69) is 19.2 Å². The summed E-state index contributed by atoms with van der Waals surface area (Å²) in [5, 5.41) is 2.98. The summed E-state index contributed by atoms with van der Waals surface area (Å²) in [7, 11) is 0. The minimum Gasteiger partial charge on any atom is -0.342 e. The predicted octanol–water partition coefficient (Wildman–Crippen LogP) is 2.86. The molecule has 1 N–H and O–H groups in total. The zero-order chi connectivity index (χ0) is 15.5. The second-order valence-corrected chi connectivity index (χ2v) is 7.05. The molecular formula is C17H30N2O2. The first-order chi connectivity index (χ1) is 10.0. The average Bonchev–Trinajstić information content (AvgIpc) is 2.47. The van der Waals surface area contributed by atoms with Crippen molar-refractivity contribution in [2.75, 3.05) is 6.54 Å². The van der Waals surface area contributed by atoms with E-state index in [0.717, 1.165) is 45.1 Å². The quantitative estimate of drug-likeness (QED) is 0.847. The molecule has 0 radical (unpaired) electrons. The largest absolute Gasteiger partial charge is 0.342 e. The highest BCUT2D eigenvalue weighted by molar-refractivity contribution is 5.99. The van der Waals surface area contributed by atoms with Gasteiger partial charge in [0.2, 0.25) is 11.8 Å². The maximum absolute atomic E-state index is 12.8. The molecule has 1 saturated heterocycles. The molecule has 1 spiro atoms. The van der Waals surface area contributed by atoms with Crippen molar-refractivity contribution in [3.8, 4) is 0 Å². The van der Waals surface area contributed by atoms with Gasteiger partial charge in [-0.2, -0.15) is 0 Å². The SMILES string of the molecule is CCC1NC(=O)C2(CCCCC2)N(CCCC(C)C)C1=O. The number of carbonyl (C=O) groups excluding carboxylic acids is 2. The van der Waals surface area contributed by atoms with E-state index < -0.39 is 5.54 Å². The van der Waals surface area contributed by atoms with E-state index in [0.29, 0.717) is 12.3 Å². The molecule has 4 nitrogen and oxygen atoms in total. The molecule has 2 fully saturated rings. The second-order valence-electron chi connectivity index (χ2n) is 7.05. The molecule has 1 heterocycles. The lowest BCUT2D eigenvalue weighted by Crippen LogP contribution is -2.71. The normalized spacial score (nSPS) is 25.5. The second kappa shape index (κ2) is 6.80. The van der Waals surface area contributed by atoms with Gasteiger partial charge < -0.3 is 10.2 Å². The molecule has 120 valence electrons. The molecule has 1 atom stereocenters. The first-order valence-electron chi connectivity index (χ1n) is 8.63. The molecule has 0 aromatic carbocycles. The van der Waals surface area contributed by atoms with Crippen molar-refractivity contribution >= 4 is 11.8 Å². The van der Waals surface area contributed by atoms with Gasteiger partial charge >= 0.3 is 0 Å². The zero-order valence-corrected chi connectivity index (χ0v) is 13.8. The van der Waals surface area contributed by atoms with Gasteiger partial charge in [-0.1, -0.05) is 40.0 Å². The van der Waals surface area contributed by atoms with Crippen molar-refractivity contribution < 1.29 is 9.59 Å². The summed E-state index contributed by atoms with van der Waals surface area (Å²) in [6.45, 7) is 7.11. The first-order valence-corrected chi connectivity index (χ1v) is 8.63. The van der Waals surface area contributed by atoms with Crippen LogP contribution in [0.4, 0.5) is 0 Å². The number of nitrogens with zero attached hydrogens (tertiary/aromatic N) is 1. The van der Waals surface area contributed by atoms with E-state index in [1.807, 2.05) is 11.8 Å². The van der Waals surface area contributed by atoms with Crippen LogP contribution in [0, 0.1) is 5.92 Å². The van der Waals surface area contributed by atoms with Crippen molar-refractivity contribution in [1.29, 1.82) is 0 Å². The maximum Gasteiger partial charge on any atom is 0.246 e. The van der Waals surface area contributed by atoms with E-state index in [1.165, 1.54) is 6.42 Å². The maximum atomic E-state index is 12.8. The summed E-state index contributed by atoms with van der Waals surface area (Å²) in [5.41, 5.74) is -0.544. The summed E-state index contributed by atoms with van der Waals surface area (Å²) in [6, 6.07) is -0.316. The summed E-state index contributed by atoms with van der Waals surface area (Å²) in [4.78, 5) is 27.4. The number of rotatable bonds is 5. The summed E-state index contributed by atoms with van der Waals surface area (Å²) in [6.07, 6.45) is 7.75. The molecule has 2 amide bonds. The highest BCUT2D eigenvalue weighted by Gasteiger charge is 2.51. The van der Waals surface area contributed by atoms with Gasteiger partial charge in [0.25, 0.3) is 0 Å². The minimum absolute atomic E-state index is 0.0956. The monoisotopic (exact) mass is 294 g/mol. The Hall–Kier alpha value is -1.06. The van der Waals surface area contributed by atoms with Crippen LogP contribution in [-0.4, -0.2) is 34.8 Å². The Morgan fingerprint density at radius 2 is 1.90 bits per heavy atom. The van der Waals surface area contributed by atoms with Crippen molar-refractivity contribution in [2.45, 2.75) is 83.7 Å². The minimum atomic E-state index is -0.544. The van der Waals surface area contributed by atoms with Gasteiger partial charge in [-0.05, 0) is 38.0 Å². The van der Waals surface area contributed by atoms with E-state index in [1.54, 1.807) is 0 Å². The van der Waals surface area contributed by atoms with Crippen LogP contribution in [0.15, 0.2) is 0 Å². The third-order valence-corrected chi connectivity index (χ3v) is 5.06. The predicted molar refractivity (Wildman–Crippen MR) is 83.8 cm³/mol. The molecule has 0 bridgehead atoms. The van der Waals surface area contributed by atoms with Crippen LogP contribution in [0.3, 0.4) is 0 Å². The van der Waals surface area contributed by atoms with Crippen LogP contribution in [0.1, 0.15) is 72.1 Å². The fourth-order valence-electron chi connectivity index (χ4n) is 3.77. The van der Waals surface area contributed by atoms with Gasteiger partial charge in [0.05, 0.1) is 0 Å². The lowest BCUT2D eigenvalue weighted by molar-refractivity contribution is -0.160. The van der Waals surface area contributed by atoms with Crippen LogP contribution in [0.25, 0.3) is 0 Å². The number of amides is 2. The van der Waals surface area contributed by atoms with Gasteiger partial charge in [-0.25, -0.2) is 0 Å². The Labute approximate surface area is 128 Å². The number of carbonyl (C=O) groups is 2. The van der Waals surface area contributed by atoms with Crippen molar-refractivity contribution in [3.63, 3.8) is 0 Å². The third kappa shape index (κ3) is 3.24. The van der Waals surface area contributed by atoms with Gasteiger partial charge in [-0.15, -0.1) is 0 Å². The molecule has 4 heteroatoms. The molecule has 0 aromatic rings. The third-order valence-electron chi connectivity index (χ3n) is 5.06. The molecule has 1 aliphatic carbocycles. The van der Waals surface area contributed by atoms with E-state index >= 15 is 0 Å². The lowest BCUT2D eigenvalue weighted by atomic mass is 9.77. The average molecular weight is 294 g/mol. The smallest absolute Gasteiger partial charge is 0.246 e. The topological polar surface area (TPSA) is 49.4 Å². The molecule has 21 heavy (non-hydrogen) atoms. The fraction of sp³-hybridized carbons (Fsp3) is 0.882. The Kier molecular flexibility index (Phi) is 5.28. The fourth-order valence-corrected chi connectivity index (χ4v) is 3.77. The molecule has 1 aliphatic heterocycles. The van der Waals surface area contributed by atoms with Crippen LogP contribution < -0.4 is 5.32 Å². The van der Waals surface area contributed by atoms with Gasteiger partial charge in [0.15, 0.2) is 0 Å². The molecular weight excluding hydrogens is 264 g/mol. The standard InChI is InChI=1S/C17H30N2O2/c1-4-14-15(20)19(12-8-9-13(2)3)17(16(21)18-14)10-6-5-7-11-17/h13-14H,4-12H2,1-3H3,(H,18,21). The number of nitrogens with one attached hydrogen (secondary N) is 1. The molecule has 2 rings (SSSR count).